The van der Waals surface area contributed by atoms with Crippen molar-refractivity contribution >= 4 is 17.3 Å². The second-order valence-electron chi connectivity index (χ2n) is 7.64. The van der Waals surface area contributed by atoms with Crippen molar-refractivity contribution in [2.45, 2.75) is 27.7 Å². The molecule has 0 fully saturated rings. The van der Waals surface area contributed by atoms with Gasteiger partial charge in [-0.15, -0.1) is 0 Å². The van der Waals surface area contributed by atoms with Crippen LogP contribution in [-0.2, 0) is 4.79 Å². The van der Waals surface area contributed by atoms with Gasteiger partial charge < -0.3 is 9.80 Å². The molecule has 3 nitrogen and oxygen atoms in total. The zero-order chi connectivity index (χ0) is 22.4. The summed E-state index contributed by atoms with van der Waals surface area (Å²) in [5, 5.41) is 0. The number of rotatable bonds is 8. The third kappa shape index (κ3) is 4.88. The van der Waals surface area contributed by atoms with Gasteiger partial charge in [0, 0.05) is 36.6 Å². The molecule has 0 unspecified atom stereocenters. The molecule has 3 heteroatoms. The Balaban J connectivity index is 2.10. The molecule has 0 spiro atoms. The maximum absolute atomic E-state index is 12.7. The minimum absolute atomic E-state index is 0.0437. The van der Waals surface area contributed by atoms with Crippen molar-refractivity contribution in [2.24, 2.45) is 0 Å². The Bertz CT molecular complexity index is 1030. The summed E-state index contributed by atoms with van der Waals surface area (Å²) in [7, 11) is 0. The highest BCUT2D eigenvalue weighted by Gasteiger charge is 2.17. The molecular formula is C28H32N2O. The average molecular weight is 413 g/mol. The highest BCUT2D eigenvalue weighted by atomic mass is 16.2. The zero-order valence-corrected chi connectivity index (χ0v) is 19.1. The number of hydrogen-bond donors (Lipinski definition) is 0. The van der Waals surface area contributed by atoms with E-state index in [1.54, 1.807) is 11.8 Å². The quantitative estimate of drug-likeness (QED) is 0.380. The van der Waals surface area contributed by atoms with Gasteiger partial charge in [-0.25, -0.2) is 0 Å². The molecule has 0 aliphatic carbocycles. The molecule has 1 amide bonds. The smallest absolute Gasteiger partial charge is 0.253 e. The number of amides is 1. The summed E-state index contributed by atoms with van der Waals surface area (Å²) in [6.07, 6.45) is 0. The summed E-state index contributed by atoms with van der Waals surface area (Å²) in [5.74, 6) is -0.0437. The van der Waals surface area contributed by atoms with E-state index in [4.69, 9.17) is 0 Å². The molecule has 0 radical (unpaired) electrons. The van der Waals surface area contributed by atoms with Gasteiger partial charge in [0.1, 0.15) is 0 Å². The van der Waals surface area contributed by atoms with E-state index in [0.29, 0.717) is 12.1 Å². The van der Waals surface area contributed by atoms with Gasteiger partial charge in [0.05, 0.1) is 0 Å². The van der Waals surface area contributed by atoms with Gasteiger partial charge in [-0.1, -0.05) is 55.1 Å². The highest BCUT2D eigenvalue weighted by Crippen LogP contribution is 2.36. The Kier molecular flexibility index (Phi) is 7.30. The van der Waals surface area contributed by atoms with E-state index >= 15 is 0 Å². The first kappa shape index (κ1) is 22.4. The largest absolute Gasteiger partial charge is 0.372 e. The normalized spacial score (nSPS) is 10.6. The van der Waals surface area contributed by atoms with E-state index < -0.39 is 0 Å². The maximum Gasteiger partial charge on any atom is 0.253 e. The SMILES string of the molecule is C=C(C)C(=O)N(CC)c1ccc(-c2ccc(N(CC)CC)cc2)c(-c2ccccc2)c1. The minimum Gasteiger partial charge on any atom is -0.372 e. The van der Waals surface area contributed by atoms with Crippen molar-refractivity contribution in [1.82, 2.24) is 0 Å². The molecule has 31 heavy (non-hydrogen) atoms. The Morgan fingerprint density at radius 1 is 0.742 bits per heavy atom. The first-order valence-electron chi connectivity index (χ1n) is 11.0. The number of benzene rings is 3. The first-order chi connectivity index (χ1) is 15.0. The van der Waals surface area contributed by atoms with Crippen LogP contribution in [0.25, 0.3) is 22.3 Å². The second kappa shape index (κ2) is 10.1. The van der Waals surface area contributed by atoms with Crippen molar-refractivity contribution in [3.05, 3.63) is 84.9 Å². The summed E-state index contributed by atoms with van der Waals surface area (Å²) in [6.45, 7) is 14.5. The van der Waals surface area contributed by atoms with E-state index in [-0.39, 0.29) is 5.91 Å². The molecule has 160 valence electrons. The zero-order valence-electron chi connectivity index (χ0n) is 19.1. The number of likely N-dealkylation sites (N-methyl/N-ethyl adjacent to an activating group) is 1. The Hall–Kier alpha value is -3.33. The van der Waals surface area contributed by atoms with Gasteiger partial charge in [-0.3, -0.25) is 4.79 Å². The Morgan fingerprint density at radius 3 is 1.87 bits per heavy atom. The molecule has 0 atom stereocenters. The molecule has 3 aromatic rings. The van der Waals surface area contributed by atoms with Crippen LogP contribution in [0.5, 0.6) is 0 Å². The molecule has 0 bridgehead atoms. The summed E-state index contributed by atoms with van der Waals surface area (Å²) in [5.41, 5.74) is 7.22. The number of carbonyl (C=O) groups is 1. The van der Waals surface area contributed by atoms with Crippen molar-refractivity contribution in [3.8, 4) is 22.3 Å². The molecule has 0 N–H and O–H groups in total. The fourth-order valence-corrected chi connectivity index (χ4v) is 3.92. The molecule has 0 aromatic heterocycles. The first-order valence-corrected chi connectivity index (χ1v) is 11.0. The van der Waals surface area contributed by atoms with Crippen molar-refractivity contribution in [3.63, 3.8) is 0 Å². The van der Waals surface area contributed by atoms with Crippen molar-refractivity contribution in [2.75, 3.05) is 29.4 Å². The standard InChI is InChI=1S/C28H32N2O/c1-6-29(7-2)24-16-14-23(15-17-24)26-19-18-25(30(8-3)28(31)21(4)5)20-27(26)22-12-10-9-11-13-22/h9-20H,4,6-8H2,1-3,5H3. The van der Waals surface area contributed by atoms with E-state index in [1.807, 2.05) is 31.2 Å². The van der Waals surface area contributed by atoms with E-state index in [2.05, 4.69) is 73.9 Å². The predicted molar refractivity (Wildman–Crippen MR) is 134 cm³/mol. The van der Waals surface area contributed by atoms with Gasteiger partial charge in [0.2, 0.25) is 0 Å². The monoisotopic (exact) mass is 412 g/mol. The van der Waals surface area contributed by atoms with Crippen LogP contribution >= 0.6 is 0 Å². The Morgan fingerprint density at radius 2 is 1.32 bits per heavy atom. The lowest BCUT2D eigenvalue weighted by Crippen LogP contribution is -2.30. The number of anilines is 2. The lowest BCUT2D eigenvalue weighted by molar-refractivity contribution is -0.115. The topological polar surface area (TPSA) is 23.6 Å². The summed E-state index contributed by atoms with van der Waals surface area (Å²) < 4.78 is 0. The molecule has 0 heterocycles. The highest BCUT2D eigenvalue weighted by molar-refractivity contribution is 6.05. The maximum atomic E-state index is 12.7. The molecule has 3 rings (SSSR count). The fraction of sp³-hybridized carbons (Fsp3) is 0.250. The fourth-order valence-electron chi connectivity index (χ4n) is 3.92. The Labute approximate surface area is 186 Å². The van der Waals surface area contributed by atoms with Gasteiger partial charge in [-0.05, 0) is 74.2 Å². The van der Waals surface area contributed by atoms with E-state index in [1.165, 1.54) is 5.69 Å². The van der Waals surface area contributed by atoms with Gasteiger partial charge >= 0.3 is 0 Å². The van der Waals surface area contributed by atoms with E-state index in [9.17, 15) is 4.79 Å². The van der Waals surface area contributed by atoms with Crippen LogP contribution in [0.2, 0.25) is 0 Å². The van der Waals surface area contributed by atoms with Crippen LogP contribution in [0, 0.1) is 0 Å². The second-order valence-corrected chi connectivity index (χ2v) is 7.64. The lowest BCUT2D eigenvalue weighted by atomic mass is 9.93. The molecule has 0 aliphatic rings. The lowest BCUT2D eigenvalue weighted by Gasteiger charge is -2.24. The van der Waals surface area contributed by atoms with Gasteiger partial charge in [0.15, 0.2) is 0 Å². The van der Waals surface area contributed by atoms with Crippen LogP contribution in [0.3, 0.4) is 0 Å². The summed E-state index contributed by atoms with van der Waals surface area (Å²) in [4.78, 5) is 16.8. The average Bonchev–Trinajstić information content (AvgIpc) is 2.81. The van der Waals surface area contributed by atoms with Crippen LogP contribution in [0.1, 0.15) is 27.7 Å². The number of nitrogens with zero attached hydrogens (tertiary/aromatic N) is 2. The molecule has 0 aliphatic heterocycles. The minimum atomic E-state index is -0.0437. The van der Waals surface area contributed by atoms with Crippen LogP contribution < -0.4 is 9.80 Å². The molecule has 0 saturated heterocycles. The van der Waals surface area contributed by atoms with Gasteiger partial charge in [-0.2, -0.15) is 0 Å². The van der Waals surface area contributed by atoms with Crippen LogP contribution in [0.4, 0.5) is 11.4 Å². The van der Waals surface area contributed by atoms with E-state index in [0.717, 1.165) is 41.0 Å². The molecule has 3 aromatic carbocycles. The number of hydrogen-bond acceptors (Lipinski definition) is 2. The van der Waals surface area contributed by atoms with Crippen LogP contribution in [-0.4, -0.2) is 25.5 Å². The summed E-state index contributed by atoms with van der Waals surface area (Å²) in [6, 6.07) is 25.4. The molecule has 0 saturated carbocycles. The van der Waals surface area contributed by atoms with Crippen LogP contribution in [0.15, 0.2) is 84.9 Å². The summed E-state index contributed by atoms with van der Waals surface area (Å²) >= 11 is 0. The third-order valence-corrected chi connectivity index (χ3v) is 5.63. The predicted octanol–water partition coefficient (Wildman–Crippen LogP) is 6.80. The molecular weight excluding hydrogens is 380 g/mol. The van der Waals surface area contributed by atoms with Gasteiger partial charge in [0.25, 0.3) is 5.91 Å². The number of carbonyl (C=O) groups excluding carboxylic acids is 1. The third-order valence-electron chi connectivity index (χ3n) is 5.63. The van der Waals surface area contributed by atoms with Crippen molar-refractivity contribution < 1.29 is 4.79 Å². The van der Waals surface area contributed by atoms with Crippen molar-refractivity contribution in [1.29, 1.82) is 0 Å².